The van der Waals surface area contributed by atoms with Gasteiger partial charge < -0.3 is 25.6 Å². The molecule has 0 heterocycles. The molecule has 0 saturated carbocycles. The van der Waals surface area contributed by atoms with Gasteiger partial charge in [-0.3, -0.25) is 0 Å². The van der Waals surface area contributed by atoms with Crippen molar-refractivity contribution in [1.82, 2.24) is 5.32 Å². The van der Waals surface area contributed by atoms with Gasteiger partial charge in [-0.2, -0.15) is 0 Å². The van der Waals surface area contributed by atoms with E-state index in [2.05, 4.69) is 32.6 Å². The zero-order valence-corrected chi connectivity index (χ0v) is 24.6. The first-order chi connectivity index (χ1) is 14.9. The SMILES string of the molecule is Br.CC(C)(C)OC(=O)NCc1ccc(I)c(C(=O)O)c1.COC(=O)c1cc(CN)ccc1I. The van der Waals surface area contributed by atoms with Crippen LogP contribution in [0.4, 0.5) is 4.79 Å². The van der Waals surface area contributed by atoms with Gasteiger partial charge >= 0.3 is 18.0 Å². The highest BCUT2D eigenvalue weighted by Crippen LogP contribution is 2.16. The largest absolute Gasteiger partial charge is 0.478 e. The topological polar surface area (TPSA) is 128 Å². The number of methoxy groups -OCH3 is 1. The van der Waals surface area contributed by atoms with E-state index in [0.29, 0.717) is 21.2 Å². The van der Waals surface area contributed by atoms with Gasteiger partial charge in [-0.25, -0.2) is 14.4 Å². The molecule has 2 rings (SSSR count). The Morgan fingerprint density at radius 2 is 1.52 bits per heavy atom. The monoisotopic (exact) mass is 748 g/mol. The first-order valence-corrected chi connectivity index (χ1v) is 11.6. The molecule has 0 radical (unpaired) electrons. The van der Waals surface area contributed by atoms with Crippen molar-refractivity contribution in [2.24, 2.45) is 5.73 Å². The molecule has 33 heavy (non-hydrogen) atoms. The second kappa shape index (κ2) is 14.7. The van der Waals surface area contributed by atoms with Crippen molar-refractivity contribution in [3.8, 4) is 0 Å². The number of carbonyl (C=O) groups excluding carboxylic acids is 2. The van der Waals surface area contributed by atoms with Crippen LogP contribution in [0.25, 0.3) is 0 Å². The Labute approximate surface area is 231 Å². The molecule has 0 spiro atoms. The van der Waals surface area contributed by atoms with Gasteiger partial charge in [0, 0.05) is 20.2 Å². The number of esters is 1. The quantitative estimate of drug-likeness (QED) is 0.286. The first-order valence-electron chi connectivity index (χ1n) is 9.43. The lowest BCUT2D eigenvalue weighted by atomic mass is 10.1. The maximum absolute atomic E-state index is 11.5. The molecule has 0 atom stereocenters. The van der Waals surface area contributed by atoms with Crippen LogP contribution in [0.5, 0.6) is 0 Å². The number of nitrogens with two attached hydrogens (primary N) is 1. The number of hydrogen-bond donors (Lipinski definition) is 3. The fourth-order valence-electron chi connectivity index (χ4n) is 2.30. The van der Waals surface area contributed by atoms with Crippen molar-refractivity contribution < 1.29 is 29.0 Å². The van der Waals surface area contributed by atoms with E-state index < -0.39 is 17.7 Å². The van der Waals surface area contributed by atoms with Crippen molar-refractivity contribution in [2.45, 2.75) is 39.5 Å². The van der Waals surface area contributed by atoms with E-state index in [4.69, 9.17) is 15.6 Å². The van der Waals surface area contributed by atoms with Crippen LogP contribution in [-0.2, 0) is 22.6 Å². The highest BCUT2D eigenvalue weighted by molar-refractivity contribution is 14.1. The highest BCUT2D eigenvalue weighted by Gasteiger charge is 2.16. The number of carbonyl (C=O) groups is 3. The second-order valence-electron chi connectivity index (χ2n) is 7.48. The Bertz CT molecular complexity index is 980. The molecule has 11 heteroatoms. The van der Waals surface area contributed by atoms with Crippen LogP contribution in [-0.4, -0.2) is 35.8 Å². The Balaban J connectivity index is 0.000000642. The second-order valence-corrected chi connectivity index (χ2v) is 9.81. The number of carboxylic acids is 1. The summed E-state index contributed by atoms with van der Waals surface area (Å²) >= 11 is 4.05. The molecule has 4 N–H and O–H groups in total. The molecule has 0 bridgehead atoms. The lowest BCUT2D eigenvalue weighted by molar-refractivity contribution is 0.0522. The molecule has 0 unspecified atom stereocenters. The molecular weight excluding hydrogens is 722 g/mol. The number of carboxylic acid groups (broad SMARTS) is 1. The molecule has 0 saturated heterocycles. The standard InChI is InChI=1S/C13H16INO4.C9H10INO2.BrH/c1-13(2,3)19-12(18)15-7-8-4-5-10(14)9(6-8)11(16)17;1-13-9(12)7-4-6(5-11)2-3-8(7)10;/h4-6H,7H2,1-3H3,(H,15,18)(H,16,17);2-4H,5,11H2,1H3;1H. The third-order valence-electron chi connectivity index (χ3n) is 3.77. The number of nitrogens with one attached hydrogen (secondary N) is 1. The number of amides is 1. The molecule has 0 aliphatic rings. The number of ether oxygens (including phenoxy) is 2. The van der Waals surface area contributed by atoms with Gasteiger partial charge in [0.25, 0.3) is 0 Å². The average Bonchev–Trinajstić information content (AvgIpc) is 2.72. The van der Waals surface area contributed by atoms with Crippen LogP contribution in [0.2, 0.25) is 0 Å². The van der Waals surface area contributed by atoms with E-state index in [-0.39, 0.29) is 35.1 Å². The van der Waals surface area contributed by atoms with Crippen LogP contribution in [0.15, 0.2) is 36.4 Å². The van der Waals surface area contributed by atoms with Crippen molar-refractivity contribution in [1.29, 1.82) is 0 Å². The summed E-state index contributed by atoms with van der Waals surface area (Å²) in [5.74, 6) is -1.30. The normalized spacial score (nSPS) is 10.2. The summed E-state index contributed by atoms with van der Waals surface area (Å²) in [5.41, 5.74) is 7.35. The minimum atomic E-state index is -0.983. The number of rotatable bonds is 5. The average molecular weight is 749 g/mol. The minimum absolute atomic E-state index is 0. The van der Waals surface area contributed by atoms with Crippen molar-refractivity contribution in [3.63, 3.8) is 0 Å². The molecule has 1 amide bonds. The van der Waals surface area contributed by atoms with Crippen molar-refractivity contribution in [3.05, 3.63) is 65.8 Å². The van der Waals surface area contributed by atoms with E-state index in [1.807, 2.05) is 34.7 Å². The summed E-state index contributed by atoms with van der Waals surface area (Å²) in [6.45, 7) is 5.99. The molecule has 2 aromatic carbocycles. The van der Waals surface area contributed by atoms with Crippen LogP contribution < -0.4 is 11.1 Å². The molecular formula is C22H27BrI2N2O6. The van der Waals surface area contributed by atoms with Gasteiger partial charge in [0.2, 0.25) is 0 Å². The van der Waals surface area contributed by atoms with Crippen LogP contribution in [0.1, 0.15) is 52.6 Å². The molecule has 0 aliphatic heterocycles. The fourth-order valence-corrected chi connectivity index (χ4v) is 3.42. The van der Waals surface area contributed by atoms with E-state index >= 15 is 0 Å². The van der Waals surface area contributed by atoms with Crippen molar-refractivity contribution in [2.75, 3.05) is 7.11 Å². The number of alkyl carbamates (subject to hydrolysis) is 1. The third-order valence-corrected chi connectivity index (χ3v) is 5.65. The zero-order valence-electron chi connectivity index (χ0n) is 18.6. The van der Waals surface area contributed by atoms with Gasteiger partial charge in [-0.05, 0) is 101 Å². The lowest BCUT2D eigenvalue weighted by Gasteiger charge is -2.19. The lowest BCUT2D eigenvalue weighted by Crippen LogP contribution is -2.32. The van der Waals surface area contributed by atoms with E-state index in [1.54, 1.807) is 45.0 Å². The summed E-state index contributed by atoms with van der Waals surface area (Å²) < 4.78 is 11.3. The Hall–Kier alpha value is -1.45. The Morgan fingerprint density at radius 3 is 2.00 bits per heavy atom. The summed E-state index contributed by atoms with van der Waals surface area (Å²) in [4.78, 5) is 33.7. The molecule has 8 nitrogen and oxygen atoms in total. The van der Waals surface area contributed by atoms with Crippen LogP contribution >= 0.6 is 62.2 Å². The summed E-state index contributed by atoms with van der Waals surface area (Å²) in [6.07, 6.45) is -0.525. The van der Waals surface area contributed by atoms with E-state index in [0.717, 1.165) is 9.13 Å². The highest BCUT2D eigenvalue weighted by atomic mass is 127. The van der Waals surface area contributed by atoms with Gasteiger partial charge in [0.1, 0.15) is 5.60 Å². The molecule has 0 aromatic heterocycles. The summed E-state index contributed by atoms with van der Waals surface area (Å²) in [7, 11) is 1.37. The van der Waals surface area contributed by atoms with E-state index in [1.165, 1.54) is 7.11 Å². The maximum atomic E-state index is 11.5. The van der Waals surface area contributed by atoms with Gasteiger partial charge in [-0.15, -0.1) is 17.0 Å². The van der Waals surface area contributed by atoms with Gasteiger partial charge in [-0.1, -0.05) is 12.1 Å². The smallest absolute Gasteiger partial charge is 0.407 e. The van der Waals surface area contributed by atoms with Gasteiger partial charge in [0.05, 0.1) is 18.2 Å². The zero-order chi connectivity index (χ0) is 24.5. The van der Waals surface area contributed by atoms with E-state index in [9.17, 15) is 14.4 Å². The maximum Gasteiger partial charge on any atom is 0.407 e. The Kier molecular flexibility index (Phi) is 14.1. The van der Waals surface area contributed by atoms with Crippen LogP contribution in [0.3, 0.4) is 0 Å². The third kappa shape index (κ3) is 11.5. The molecule has 182 valence electrons. The number of hydrogen-bond acceptors (Lipinski definition) is 6. The molecule has 2 aromatic rings. The minimum Gasteiger partial charge on any atom is -0.478 e. The summed E-state index contributed by atoms with van der Waals surface area (Å²) in [5, 5.41) is 11.6. The molecule has 0 fully saturated rings. The fraction of sp³-hybridized carbons (Fsp3) is 0.318. The number of aromatic carboxylic acids is 1. The number of halogens is 3. The Morgan fingerprint density at radius 1 is 1.00 bits per heavy atom. The predicted octanol–water partition coefficient (Wildman–Crippen LogP) is 5.13. The first kappa shape index (κ1) is 31.6. The van der Waals surface area contributed by atoms with Crippen LogP contribution in [0, 0.1) is 7.14 Å². The molecule has 0 aliphatic carbocycles. The number of benzene rings is 2. The summed E-state index contributed by atoms with van der Waals surface area (Å²) in [6, 6.07) is 10.5. The van der Waals surface area contributed by atoms with Gasteiger partial charge in [0.15, 0.2) is 0 Å². The predicted molar refractivity (Wildman–Crippen MR) is 148 cm³/mol. The van der Waals surface area contributed by atoms with Crippen molar-refractivity contribution >= 4 is 80.2 Å².